The fourth-order valence-corrected chi connectivity index (χ4v) is 2.88. The van der Waals surface area contributed by atoms with Crippen molar-refractivity contribution in [3.8, 4) is 0 Å². The van der Waals surface area contributed by atoms with Crippen LogP contribution in [0.4, 0.5) is 0 Å². The molecule has 1 aromatic carbocycles. The quantitative estimate of drug-likeness (QED) is 0.475. The van der Waals surface area contributed by atoms with Crippen LogP contribution < -0.4 is 11.3 Å². The molecule has 0 saturated carbocycles. The van der Waals surface area contributed by atoms with Gasteiger partial charge in [-0.3, -0.25) is 10.2 Å². The van der Waals surface area contributed by atoms with Crippen LogP contribution in [0.1, 0.15) is 28.8 Å². The summed E-state index contributed by atoms with van der Waals surface area (Å²) < 4.78 is 0. The van der Waals surface area contributed by atoms with E-state index in [4.69, 9.17) is 5.84 Å². The molecule has 1 aliphatic rings. The average Bonchev–Trinajstić information content (AvgIpc) is 2.84. The molecule has 1 aromatic rings. The highest BCUT2D eigenvalue weighted by atomic mass is 16.2. The highest BCUT2D eigenvalue weighted by molar-refractivity contribution is 5.95. The average molecular weight is 276 g/mol. The zero-order valence-corrected chi connectivity index (χ0v) is 12.3. The van der Waals surface area contributed by atoms with Gasteiger partial charge in [0.2, 0.25) is 0 Å². The van der Waals surface area contributed by atoms with E-state index in [1.54, 1.807) is 0 Å². The molecule has 1 aliphatic heterocycles. The zero-order valence-electron chi connectivity index (χ0n) is 12.3. The third kappa shape index (κ3) is 3.56. The predicted molar refractivity (Wildman–Crippen MR) is 80.1 cm³/mol. The van der Waals surface area contributed by atoms with Crippen molar-refractivity contribution in [3.05, 3.63) is 35.4 Å². The maximum atomic E-state index is 11.7. The van der Waals surface area contributed by atoms with Crippen LogP contribution in [0.3, 0.4) is 0 Å². The van der Waals surface area contributed by atoms with Crippen molar-refractivity contribution < 1.29 is 4.79 Å². The van der Waals surface area contributed by atoms with E-state index < -0.39 is 0 Å². The monoisotopic (exact) mass is 276 g/mol. The first-order valence-electron chi connectivity index (χ1n) is 7.09. The van der Waals surface area contributed by atoms with Gasteiger partial charge < -0.3 is 9.80 Å². The number of hydrazine groups is 1. The summed E-state index contributed by atoms with van der Waals surface area (Å²) in [5.41, 5.74) is 3.88. The lowest BCUT2D eigenvalue weighted by Crippen LogP contribution is -2.37. The Kier molecular flexibility index (Phi) is 5.11. The third-order valence-corrected chi connectivity index (χ3v) is 4.03. The van der Waals surface area contributed by atoms with Crippen molar-refractivity contribution in [3.63, 3.8) is 0 Å². The Morgan fingerprint density at radius 3 is 2.90 bits per heavy atom. The molecule has 3 N–H and O–H groups in total. The van der Waals surface area contributed by atoms with Gasteiger partial charge in [0.1, 0.15) is 0 Å². The summed E-state index contributed by atoms with van der Waals surface area (Å²) in [6.07, 6.45) is 2.53. The molecule has 1 unspecified atom stereocenters. The molecule has 5 heteroatoms. The highest BCUT2D eigenvalue weighted by Crippen LogP contribution is 2.17. The molecule has 0 radical (unpaired) electrons. The van der Waals surface area contributed by atoms with E-state index in [1.165, 1.54) is 19.4 Å². The number of nitrogens with zero attached hydrogens (tertiary/aromatic N) is 2. The molecule has 1 heterocycles. The Morgan fingerprint density at radius 2 is 2.25 bits per heavy atom. The number of carbonyl (C=O) groups excluding carboxylic acids is 1. The van der Waals surface area contributed by atoms with Gasteiger partial charge in [-0.2, -0.15) is 0 Å². The lowest BCUT2D eigenvalue weighted by atomic mass is 10.1. The van der Waals surface area contributed by atoms with Crippen LogP contribution in [0.2, 0.25) is 0 Å². The van der Waals surface area contributed by atoms with E-state index in [-0.39, 0.29) is 5.91 Å². The first-order valence-corrected chi connectivity index (χ1v) is 7.09. The number of hydrogen-bond acceptors (Lipinski definition) is 4. The number of carbonyl (C=O) groups is 1. The standard InChI is InChI=1S/C15H24N4O/c1-18(11-13-7-5-9-19(13)2)10-12-6-3-4-8-14(12)15(20)17-16/h3-4,6,8,13H,5,7,9-11,16H2,1-2H3,(H,17,20). The normalized spacial score (nSPS) is 19.5. The van der Waals surface area contributed by atoms with Crippen LogP contribution >= 0.6 is 0 Å². The first kappa shape index (κ1) is 15.0. The Bertz CT molecular complexity index is 463. The molecule has 1 saturated heterocycles. The fraction of sp³-hybridized carbons (Fsp3) is 0.533. The summed E-state index contributed by atoms with van der Waals surface area (Å²) in [4.78, 5) is 16.4. The lowest BCUT2D eigenvalue weighted by molar-refractivity contribution is 0.0951. The third-order valence-electron chi connectivity index (χ3n) is 4.03. The van der Waals surface area contributed by atoms with E-state index in [9.17, 15) is 4.79 Å². The van der Waals surface area contributed by atoms with Crippen molar-refractivity contribution in [2.45, 2.75) is 25.4 Å². The number of likely N-dealkylation sites (N-methyl/N-ethyl adjacent to an activating group) is 2. The Hall–Kier alpha value is -1.43. The summed E-state index contributed by atoms with van der Waals surface area (Å²) in [5.74, 6) is 5.00. The lowest BCUT2D eigenvalue weighted by Gasteiger charge is -2.26. The number of likely N-dealkylation sites (tertiary alicyclic amines) is 1. The molecule has 1 atom stereocenters. The zero-order chi connectivity index (χ0) is 14.5. The van der Waals surface area contributed by atoms with E-state index in [0.717, 1.165) is 18.7 Å². The van der Waals surface area contributed by atoms with Crippen LogP contribution in [0.15, 0.2) is 24.3 Å². The van der Waals surface area contributed by atoms with E-state index in [2.05, 4.69) is 29.3 Å². The van der Waals surface area contributed by atoms with Crippen molar-refractivity contribution in [1.29, 1.82) is 0 Å². The van der Waals surface area contributed by atoms with Crippen LogP contribution in [0, 0.1) is 0 Å². The molecule has 20 heavy (non-hydrogen) atoms. The van der Waals surface area contributed by atoms with Crippen molar-refractivity contribution in [2.75, 3.05) is 27.2 Å². The molecule has 1 amide bonds. The number of amides is 1. The SMILES string of the molecule is CN(Cc1ccccc1C(=O)NN)CC1CCCN1C. The van der Waals surface area contributed by atoms with Gasteiger partial charge in [-0.15, -0.1) is 0 Å². The Balaban J connectivity index is 2.00. The smallest absolute Gasteiger partial charge is 0.265 e. The Morgan fingerprint density at radius 1 is 1.50 bits per heavy atom. The van der Waals surface area contributed by atoms with Gasteiger partial charge >= 0.3 is 0 Å². The van der Waals surface area contributed by atoms with Crippen molar-refractivity contribution >= 4 is 5.91 Å². The fourth-order valence-electron chi connectivity index (χ4n) is 2.88. The summed E-state index contributed by atoms with van der Waals surface area (Å²) in [6, 6.07) is 8.24. The summed E-state index contributed by atoms with van der Waals surface area (Å²) in [7, 11) is 4.28. The number of hydrogen-bond donors (Lipinski definition) is 2. The van der Waals surface area contributed by atoms with Gasteiger partial charge in [0, 0.05) is 24.7 Å². The van der Waals surface area contributed by atoms with E-state index in [0.29, 0.717) is 11.6 Å². The molecule has 5 nitrogen and oxygen atoms in total. The van der Waals surface area contributed by atoms with Crippen LogP contribution in [-0.2, 0) is 6.54 Å². The molecule has 0 aliphatic carbocycles. The molecular weight excluding hydrogens is 252 g/mol. The Labute approximate surface area is 120 Å². The molecule has 0 spiro atoms. The van der Waals surface area contributed by atoms with Crippen molar-refractivity contribution in [1.82, 2.24) is 15.2 Å². The first-order chi connectivity index (χ1) is 9.61. The molecule has 1 fully saturated rings. The summed E-state index contributed by atoms with van der Waals surface area (Å²) >= 11 is 0. The largest absolute Gasteiger partial charge is 0.302 e. The second kappa shape index (κ2) is 6.83. The summed E-state index contributed by atoms with van der Waals surface area (Å²) in [5, 5.41) is 0. The molecular formula is C15H24N4O. The number of nitrogen functional groups attached to an aromatic ring is 1. The minimum Gasteiger partial charge on any atom is -0.302 e. The van der Waals surface area contributed by atoms with E-state index in [1.807, 2.05) is 24.3 Å². The molecule has 0 bridgehead atoms. The van der Waals surface area contributed by atoms with Crippen LogP contribution in [-0.4, -0.2) is 48.9 Å². The molecule has 0 aromatic heterocycles. The topological polar surface area (TPSA) is 61.6 Å². The van der Waals surface area contributed by atoms with E-state index >= 15 is 0 Å². The minimum absolute atomic E-state index is 0.230. The maximum absolute atomic E-state index is 11.7. The number of nitrogens with one attached hydrogen (secondary N) is 1. The second-order valence-corrected chi connectivity index (χ2v) is 5.60. The van der Waals surface area contributed by atoms with Gasteiger partial charge in [0.05, 0.1) is 0 Å². The maximum Gasteiger partial charge on any atom is 0.265 e. The van der Waals surface area contributed by atoms with Gasteiger partial charge in [-0.25, -0.2) is 5.84 Å². The van der Waals surface area contributed by atoms with Crippen molar-refractivity contribution in [2.24, 2.45) is 5.84 Å². The second-order valence-electron chi connectivity index (χ2n) is 5.60. The number of nitrogens with two attached hydrogens (primary N) is 1. The van der Waals surface area contributed by atoms with Gasteiger partial charge in [0.15, 0.2) is 0 Å². The number of rotatable bonds is 5. The number of benzene rings is 1. The molecule has 2 rings (SSSR count). The van der Waals surface area contributed by atoms with Gasteiger partial charge in [-0.1, -0.05) is 18.2 Å². The van der Waals surface area contributed by atoms with Gasteiger partial charge in [-0.05, 0) is 45.1 Å². The van der Waals surface area contributed by atoms with Crippen LogP contribution in [0.5, 0.6) is 0 Å². The predicted octanol–water partition coefficient (Wildman–Crippen LogP) is 0.816. The van der Waals surface area contributed by atoms with Crippen LogP contribution in [0.25, 0.3) is 0 Å². The van der Waals surface area contributed by atoms with Gasteiger partial charge in [0.25, 0.3) is 5.91 Å². The molecule has 110 valence electrons. The minimum atomic E-state index is -0.230. The summed E-state index contributed by atoms with van der Waals surface area (Å²) in [6.45, 7) is 2.97. The highest BCUT2D eigenvalue weighted by Gasteiger charge is 2.22.